The monoisotopic (exact) mass is 400 g/mol. The van der Waals surface area contributed by atoms with Crippen LogP contribution < -0.4 is 20.9 Å². The number of halogens is 1. The maximum Gasteiger partial charge on any atom is 0.246 e. The molecule has 1 atom stereocenters. The Bertz CT molecular complexity index is 858. The number of aromatic nitrogens is 1. The third-order valence-electron chi connectivity index (χ3n) is 4.44. The van der Waals surface area contributed by atoms with E-state index in [1.807, 2.05) is 11.8 Å². The molecule has 0 bridgehead atoms. The molecule has 2 heterocycles. The Morgan fingerprint density at radius 2 is 2.14 bits per heavy atom. The van der Waals surface area contributed by atoms with Crippen LogP contribution in [0.15, 0.2) is 47.6 Å². The van der Waals surface area contributed by atoms with E-state index in [1.165, 1.54) is 18.2 Å². The number of amides is 1. The standard InChI is InChI=1S/C20H25FN6O2/c1-2-22-20(24-12-18(29)25-14-5-7-16(28)8-6-14)26-15-9-11-27(13-15)19-17(21)4-3-10-23-19/h3-8,10,15,28H,2,9,11-13H2,1H3,(H,25,29)(H2,22,24,26). The number of carbonyl (C=O) groups is 1. The van der Waals surface area contributed by atoms with E-state index < -0.39 is 0 Å². The van der Waals surface area contributed by atoms with Crippen molar-refractivity contribution in [1.82, 2.24) is 15.6 Å². The summed E-state index contributed by atoms with van der Waals surface area (Å²) < 4.78 is 13.9. The molecule has 0 saturated carbocycles. The van der Waals surface area contributed by atoms with Gasteiger partial charge in [0.05, 0.1) is 0 Å². The summed E-state index contributed by atoms with van der Waals surface area (Å²) in [5.41, 5.74) is 0.588. The number of aliphatic imine (C=N–C) groups is 1. The smallest absolute Gasteiger partial charge is 0.246 e. The zero-order chi connectivity index (χ0) is 20.6. The molecule has 9 heteroatoms. The van der Waals surface area contributed by atoms with Gasteiger partial charge < -0.3 is 26.0 Å². The minimum Gasteiger partial charge on any atom is -0.508 e. The van der Waals surface area contributed by atoms with Crippen LogP contribution in [-0.2, 0) is 4.79 Å². The first-order valence-corrected chi connectivity index (χ1v) is 9.54. The van der Waals surface area contributed by atoms with Gasteiger partial charge in [0.25, 0.3) is 0 Å². The molecule has 0 spiro atoms. The average Bonchev–Trinajstić information content (AvgIpc) is 3.17. The molecule has 1 aliphatic heterocycles. The van der Waals surface area contributed by atoms with Gasteiger partial charge in [0.15, 0.2) is 17.6 Å². The number of aromatic hydroxyl groups is 1. The fourth-order valence-corrected chi connectivity index (χ4v) is 3.09. The molecular formula is C20H25FN6O2. The van der Waals surface area contributed by atoms with Crippen molar-refractivity contribution in [2.24, 2.45) is 4.99 Å². The van der Waals surface area contributed by atoms with Crippen molar-refractivity contribution < 1.29 is 14.3 Å². The van der Waals surface area contributed by atoms with Crippen LogP contribution in [0.1, 0.15) is 13.3 Å². The van der Waals surface area contributed by atoms with Crippen LogP contribution in [0.5, 0.6) is 5.75 Å². The summed E-state index contributed by atoms with van der Waals surface area (Å²) >= 11 is 0. The second-order valence-electron chi connectivity index (χ2n) is 6.67. The highest BCUT2D eigenvalue weighted by Gasteiger charge is 2.26. The normalized spacial score (nSPS) is 16.6. The molecule has 1 amide bonds. The molecule has 1 unspecified atom stereocenters. The van der Waals surface area contributed by atoms with E-state index in [1.54, 1.807) is 24.4 Å². The highest BCUT2D eigenvalue weighted by molar-refractivity contribution is 5.94. The molecule has 1 aliphatic rings. The van der Waals surface area contributed by atoms with Crippen LogP contribution in [0.4, 0.5) is 15.9 Å². The van der Waals surface area contributed by atoms with E-state index >= 15 is 0 Å². The molecule has 3 rings (SSSR count). The molecule has 154 valence electrons. The lowest BCUT2D eigenvalue weighted by Crippen LogP contribution is -2.45. The van der Waals surface area contributed by atoms with Gasteiger partial charge in [-0.05, 0) is 49.7 Å². The summed E-state index contributed by atoms with van der Waals surface area (Å²) in [6.07, 6.45) is 2.39. The summed E-state index contributed by atoms with van der Waals surface area (Å²) in [7, 11) is 0. The number of phenolic OH excluding ortho intramolecular Hbond substituents is 1. The molecule has 29 heavy (non-hydrogen) atoms. The number of carbonyl (C=O) groups excluding carboxylic acids is 1. The van der Waals surface area contributed by atoms with E-state index in [0.29, 0.717) is 37.1 Å². The van der Waals surface area contributed by atoms with Gasteiger partial charge in [0.2, 0.25) is 5.91 Å². The second kappa shape index (κ2) is 9.72. The summed E-state index contributed by atoms with van der Waals surface area (Å²) in [4.78, 5) is 22.5. The van der Waals surface area contributed by atoms with Crippen LogP contribution in [0.3, 0.4) is 0 Å². The number of rotatable bonds is 6. The average molecular weight is 400 g/mol. The SMILES string of the molecule is CCNC(=NCC(=O)Nc1ccc(O)cc1)NC1CCN(c2ncccc2F)C1. The Morgan fingerprint density at radius 3 is 2.86 bits per heavy atom. The van der Waals surface area contributed by atoms with Crippen LogP contribution in [0.25, 0.3) is 0 Å². The molecule has 8 nitrogen and oxygen atoms in total. The minimum atomic E-state index is -0.334. The van der Waals surface area contributed by atoms with Gasteiger partial charge in [-0.2, -0.15) is 0 Å². The zero-order valence-electron chi connectivity index (χ0n) is 16.2. The number of anilines is 2. The lowest BCUT2D eigenvalue weighted by molar-refractivity contribution is -0.114. The van der Waals surface area contributed by atoms with Gasteiger partial charge in [-0.15, -0.1) is 0 Å². The molecular weight excluding hydrogens is 375 g/mol. The van der Waals surface area contributed by atoms with Crippen molar-refractivity contribution in [2.45, 2.75) is 19.4 Å². The van der Waals surface area contributed by atoms with Gasteiger partial charge in [-0.25, -0.2) is 14.4 Å². The summed E-state index contributed by atoms with van der Waals surface area (Å²) in [5, 5.41) is 18.4. The van der Waals surface area contributed by atoms with Gasteiger partial charge in [0, 0.05) is 37.6 Å². The fraction of sp³-hybridized carbons (Fsp3) is 0.350. The van der Waals surface area contributed by atoms with Gasteiger partial charge in [-0.1, -0.05) is 0 Å². The number of phenols is 1. The molecule has 2 aromatic rings. The first kappa shape index (κ1) is 20.4. The van der Waals surface area contributed by atoms with Crippen molar-refractivity contribution in [2.75, 3.05) is 36.4 Å². The molecule has 1 aromatic heterocycles. The van der Waals surface area contributed by atoms with Crippen LogP contribution >= 0.6 is 0 Å². The Labute approximate surface area is 168 Å². The number of nitrogens with zero attached hydrogens (tertiary/aromatic N) is 3. The highest BCUT2D eigenvalue weighted by Crippen LogP contribution is 2.20. The summed E-state index contributed by atoms with van der Waals surface area (Å²) in [6.45, 7) is 3.82. The van der Waals surface area contributed by atoms with Crippen molar-refractivity contribution in [1.29, 1.82) is 0 Å². The second-order valence-corrected chi connectivity index (χ2v) is 6.67. The van der Waals surface area contributed by atoms with Crippen molar-refractivity contribution >= 4 is 23.4 Å². The van der Waals surface area contributed by atoms with Crippen LogP contribution in [0.2, 0.25) is 0 Å². The Balaban J connectivity index is 1.54. The molecule has 1 aromatic carbocycles. The molecule has 1 fully saturated rings. The number of hydrogen-bond acceptors (Lipinski definition) is 5. The predicted molar refractivity (Wildman–Crippen MR) is 111 cm³/mol. The van der Waals surface area contributed by atoms with Crippen LogP contribution in [-0.4, -0.2) is 54.2 Å². The predicted octanol–water partition coefficient (Wildman–Crippen LogP) is 1.70. The van der Waals surface area contributed by atoms with Crippen molar-refractivity contribution in [3.05, 3.63) is 48.4 Å². The molecule has 1 saturated heterocycles. The quantitative estimate of drug-likeness (QED) is 0.334. The molecule has 0 aliphatic carbocycles. The molecule has 4 N–H and O–H groups in total. The van der Waals surface area contributed by atoms with Crippen molar-refractivity contribution in [3.8, 4) is 5.75 Å². The van der Waals surface area contributed by atoms with E-state index in [4.69, 9.17) is 0 Å². The number of nitrogens with one attached hydrogen (secondary N) is 3. The van der Waals surface area contributed by atoms with Gasteiger partial charge >= 0.3 is 0 Å². The lowest BCUT2D eigenvalue weighted by Gasteiger charge is -2.19. The van der Waals surface area contributed by atoms with Gasteiger partial charge in [-0.3, -0.25) is 4.79 Å². The topological polar surface area (TPSA) is 102 Å². The van der Waals surface area contributed by atoms with Crippen molar-refractivity contribution in [3.63, 3.8) is 0 Å². The Morgan fingerprint density at radius 1 is 1.34 bits per heavy atom. The lowest BCUT2D eigenvalue weighted by atomic mass is 10.3. The molecule has 0 radical (unpaired) electrons. The van der Waals surface area contributed by atoms with E-state index in [-0.39, 0.29) is 30.1 Å². The van der Waals surface area contributed by atoms with Gasteiger partial charge in [0.1, 0.15) is 12.3 Å². The number of pyridine rings is 1. The summed E-state index contributed by atoms with van der Waals surface area (Å²) in [6, 6.07) is 9.27. The number of guanidine groups is 1. The maximum atomic E-state index is 13.9. The summed E-state index contributed by atoms with van der Waals surface area (Å²) in [5.74, 6) is 0.417. The zero-order valence-corrected chi connectivity index (χ0v) is 16.2. The van der Waals surface area contributed by atoms with Crippen LogP contribution in [0, 0.1) is 5.82 Å². The third-order valence-corrected chi connectivity index (χ3v) is 4.44. The first-order chi connectivity index (χ1) is 14.0. The number of benzene rings is 1. The van der Waals surface area contributed by atoms with E-state index in [9.17, 15) is 14.3 Å². The Kier molecular flexibility index (Phi) is 6.83. The van der Waals surface area contributed by atoms with E-state index in [2.05, 4.69) is 25.9 Å². The third kappa shape index (κ3) is 5.81. The van der Waals surface area contributed by atoms with E-state index in [0.717, 1.165) is 6.42 Å². The largest absolute Gasteiger partial charge is 0.508 e. The minimum absolute atomic E-state index is 0.0541. The highest BCUT2D eigenvalue weighted by atomic mass is 19.1. The number of hydrogen-bond donors (Lipinski definition) is 4. The fourth-order valence-electron chi connectivity index (χ4n) is 3.09. The Hall–Kier alpha value is -3.36. The first-order valence-electron chi connectivity index (χ1n) is 9.54. The maximum absolute atomic E-state index is 13.9.